The van der Waals surface area contributed by atoms with Gasteiger partial charge in [0.05, 0.1) is 4.92 Å². The Balaban J connectivity index is 3.26. The summed E-state index contributed by atoms with van der Waals surface area (Å²) < 4.78 is 1.70. The van der Waals surface area contributed by atoms with Crippen molar-refractivity contribution in [3.8, 4) is 0 Å². The Kier molecular flexibility index (Phi) is 4.55. The molecule has 0 bridgehead atoms. The van der Waals surface area contributed by atoms with Crippen molar-refractivity contribution < 1.29 is 4.92 Å². The molecule has 0 aromatic carbocycles. The molecule has 0 aliphatic rings. The average molecular weight is 268 g/mol. The van der Waals surface area contributed by atoms with Crippen LogP contribution in [0.4, 0.5) is 11.5 Å². The summed E-state index contributed by atoms with van der Waals surface area (Å²) in [4.78, 5) is 10.9. The minimum atomic E-state index is -0.356. The molecule has 1 aromatic rings. The van der Waals surface area contributed by atoms with Crippen LogP contribution in [0.1, 0.15) is 59.2 Å². The maximum Gasteiger partial charge on any atom is 0.333 e. The molecular formula is C13H24N4O2. The highest BCUT2D eigenvalue weighted by atomic mass is 16.6. The lowest BCUT2D eigenvalue weighted by atomic mass is 9.99. The van der Waals surface area contributed by atoms with Crippen LogP contribution in [0.2, 0.25) is 0 Å². The number of nitro groups is 1. The lowest BCUT2D eigenvalue weighted by Gasteiger charge is -2.27. The molecule has 1 rings (SSSR count). The van der Waals surface area contributed by atoms with E-state index in [0.29, 0.717) is 11.5 Å². The molecule has 0 radical (unpaired) electrons. The van der Waals surface area contributed by atoms with Gasteiger partial charge in [0.25, 0.3) is 0 Å². The van der Waals surface area contributed by atoms with E-state index in [0.717, 1.165) is 12.8 Å². The van der Waals surface area contributed by atoms with Gasteiger partial charge in [-0.2, -0.15) is 5.10 Å². The minimum absolute atomic E-state index is 0.0762. The van der Waals surface area contributed by atoms with E-state index in [1.54, 1.807) is 11.6 Å². The zero-order valence-corrected chi connectivity index (χ0v) is 12.6. The zero-order chi connectivity index (χ0) is 14.8. The topological polar surface area (TPSA) is 73.0 Å². The van der Waals surface area contributed by atoms with E-state index in [1.165, 1.54) is 0 Å². The maximum atomic E-state index is 11.2. The lowest BCUT2D eigenvalue weighted by Crippen LogP contribution is -2.32. The molecule has 1 aromatic heterocycles. The highest BCUT2D eigenvalue weighted by Crippen LogP contribution is 2.33. The molecule has 0 fully saturated rings. The van der Waals surface area contributed by atoms with Gasteiger partial charge in [0.15, 0.2) is 0 Å². The number of nitrogens with one attached hydrogen (secondary N) is 1. The minimum Gasteiger partial charge on any atom is -0.360 e. The summed E-state index contributed by atoms with van der Waals surface area (Å²) in [6.45, 7) is 11.8. The van der Waals surface area contributed by atoms with Crippen molar-refractivity contribution in [1.82, 2.24) is 9.78 Å². The quantitative estimate of drug-likeness (QED) is 0.631. The van der Waals surface area contributed by atoms with Gasteiger partial charge in [0.1, 0.15) is 5.69 Å². The first kappa shape index (κ1) is 15.5. The van der Waals surface area contributed by atoms with Gasteiger partial charge in [-0.25, -0.2) is 4.68 Å². The van der Waals surface area contributed by atoms with Crippen molar-refractivity contribution in [3.05, 3.63) is 15.8 Å². The third-order valence-electron chi connectivity index (χ3n) is 3.06. The molecule has 108 valence electrons. The van der Waals surface area contributed by atoms with Crippen molar-refractivity contribution >= 4 is 11.5 Å². The molecule has 1 N–H and O–H groups in total. The second-order valence-electron chi connectivity index (χ2n) is 5.84. The third-order valence-corrected chi connectivity index (χ3v) is 3.06. The van der Waals surface area contributed by atoms with E-state index < -0.39 is 0 Å². The fourth-order valence-corrected chi connectivity index (χ4v) is 2.26. The average Bonchev–Trinajstić information content (AvgIpc) is 2.54. The SMILES string of the molecule is CCCC(C)(C)Nc1c([N+](=O)[O-])c(C)nn1C(C)C. The summed E-state index contributed by atoms with van der Waals surface area (Å²) >= 11 is 0. The van der Waals surface area contributed by atoms with E-state index >= 15 is 0 Å². The highest BCUT2D eigenvalue weighted by Gasteiger charge is 2.30. The molecule has 0 saturated heterocycles. The molecular weight excluding hydrogens is 244 g/mol. The fraction of sp³-hybridized carbons (Fsp3) is 0.769. The maximum absolute atomic E-state index is 11.2. The van der Waals surface area contributed by atoms with Crippen molar-refractivity contribution in [3.63, 3.8) is 0 Å². The molecule has 6 heteroatoms. The Morgan fingerprint density at radius 2 is 2.05 bits per heavy atom. The van der Waals surface area contributed by atoms with Crippen LogP contribution in [-0.4, -0.2) is 20.2 Å². The van der Waals surface area contributed by atoms with E-state index in [4.69, 9.17) is 0 Å². The Morgan fingerprint density at radius 1 is 1.47 bits per heavy atom. The monoisotopic (exact) mass is 268 g/mol. The van der Waals surface area contributed by atoms with Crippen LogP contribution in [0, 0.1) is 17.0 Å². The first-order valence-corrected chi connectivity index (χ1v) is 6.71. The van der Waals surface area contributed by atoms with E-state index in [-0.39, 0.29) is 22.2 Å². The van der Waals surface area contributed by atoms with Crippen molar-refractivity contribution in [2.75, 3.05) is 5.32 Å². The molecule has 19 heavy (non-hydrogen) atoms. The van der Waals surface area contributed by atoms with Gasteiger partial charge >= 0.3 is 5.69 Å². The van der Waals surface area contributed by atoms with Crippen LogP contribution in [0.3, 0.4) is 0 Å². The summed E-state index contributed by atoms with van der Waals surface area (Å²) in [7, 11) is 0. The normalized spacial score (nSPS) is 11.9. The van der Waals surface area contributed by atoms with Crippen molar-refractivity contribution in [2.45, 2.75) is 66.0 Å². The molecule has 0 aliphatic heterocycles. The van der Waals surface area contributed by atoms with Crippen LogP contribution in [0.5, 0.6) is 0 Å². The number of aryl methyl sites for hydroxylation is 1. The molecule has 0 atom stereocenters. The summed E-state index contributed by atoms with van der Waals surface area (Å²) in [6, 6.07) is 0.0762. The van der Waals surface area contributed by atoms with Gasteiger partial charge in [0.2, 0.25) is 5.82 Å². The number of anilines is 1. The molecule has 0 saturated carbocycles. The van der Waals surface area contributed by atoms with Crippen LogP contribution < -0.4 is 5.32 Å². The number of hydrogen-bond acceptors (Lipinski definition) is 4. The van der Waals surface area contributed by atoms with Gasteiger partial charge < -0.3 is 5.32 Å². The Hall–Kier alpha value is -1.59. The van der Waals surface area contributed by atoms with Crippen molar-refractivity contribution in [2.24, 2.45) is 0 Å². The third kappa shape index (κ3) is 3.45. The van der Waals surface area contributed by atoms with Crippen molar-refractivity contribution in [1.29, 1.82) is 0 Å². The lowest BCUT2D eigenvalue weighted by molar-refractivity contribution is -0.384. The van der Waals surface area contributed by atoms with Crippen LogP contribution in [0.15, 0.2) is 0 Å². The van der Waals surface area contributed by atoms with Gasteiger partial charge in [-0.3, -0.25) is 10.1 Å². The predicted octanol–water partition coefficient (Wildman–Crippen LogP) is 3.67. The standard InChI is InChI=1S/C13H24N4O2/c1-7-8-13(5,6)14-12-11(17(18)19)10(4)15-16(12)9(2)3/h9,14H,7-8H2,1-6H3. The molecule has 0 unspecified atom stereocenters. The number of aromatic nitrogens is 2. The predicted molar refractivity (Wildman–Crippen MR) is 76.6 cm³/mol. The molecule has 0 spiro atoms. The highest BCUT2D eigenvalue weighted by molar-refractivity contribution is 5.60. The zero-order valence-electron chi connectivity index (χ0n) is 12.6. The Morgan fingerprint density at radius 3 is 2.47 bits per heavy atom. The van der Waals surface area contributed by atoms with Crippen LogP contribution in [0.25, 0.3) is 0 Å². The Labute approximate surface area is 114 Å². The summed E-state index contributed by atoms with van der Waals surface area (Å²) in [5.74, 6) is 0.510. The first-order chi connectivity index (χ1) is 8.69. The molecule has 0 amide bonds. The number of nitrogens with zero attached hydrogens (tertiary/aromatic N) is 3. The largest absolute Gasteiger partial charge is 0.360 e. The van der Waals surface area contributed by atoms with Crippen LogP contribution >= 0.6 is 0 Å². The molecule has 6 nitrogen and oxygen atoms in total. The molecule has 1 heterocycles. The van der Waals surface area contributed by atoms with Gasteiger partial charge in [-0.05, 0) is 41.0 Å². The number of rotatable bonds is 6. The van der Waals surface area contributed by atoms with Gasteiger partial charge in [-0.15, -0.1) is 0 Å². The van der Waals surface area contributed by atoms with E-state index in [9.17, 15) is 10.1 Å². The smallest absolute Gasteiger partial charge is 0.333 e. The number of hydrogen-bond donors (Lipinski definition) is 1. The molecule has 0 aliphatic carbocycles. The summed E-state index contributed by atoms with van der Waals surface area (Å²) in [5.41, 5.74) is 0.338. The summed E-state index contributed by atoms with van der Waals surface area (Å²) in [6.07, 6.45) is 1.95. The van der Waals surface area contributed by atoms with Crippen LogP contribution in [-0.2, 0) is 0 Å². The van der Waals surface area contributed by atoms with E-state index in [2.05, 4.69) is 17.3 Å². The van der Waals surface area contributed by atoms with Gasteiger partial charge in [-0.1, -0.05) is 13.3 Å². The summed E-state index contributed by atoms with van der Waals surface area (Å²) in [5, 5.41) is 18.8. The first-order valence-electron chi connectivity index (χ1n) is 6.71. The van der Waals surface area contributed by atoms with E-state index in [1.807, 2.05) is 27.7 Å². The second kappa shape index (κ2) is 5.59. The Bertz CT molecular complexity index is 463. The second-order valence-corrected chi connectivity index (χ2v) is 5.84. The fourth-order valence-electron chi connectivity index (χ4n) is 2.26. The van der Waals surface area contributed by atoms with Gasteiger partial charge in [0, 0.05) is 11.6 Å².